The summed E-state index contributed by atoms with van der Waals surface area (Å²) in [5, 5.41) is 7.15. The average Bonchev–Trinajstić information content (AvgIpc) is 2.66. The topological polar surface area (TPSA) is 28.7 Å². The molecule has 1 N–H and O–H groups in total. The molecule has 1 aromatic carbocycles. The van der Waals surface area contributed by atoms with Gasteiger partial charge in [0.2, 0.25) is 0 Å². The van der Waals surface area contributed by atoms with Crippen LogP contribution in [0.4, 0.5) is 0 Å². The first-order valence-electron chi connectivity index (χ1n) is 5.52. The van der Waals surface area contributed by atoms with Gasteiger partial charge in [0.25, 0.3) is 0 Å². The molecule has 0 amide bonds. The Morgan fingerprint density at radius 3 is 2.31 bits per heavy atom. The van der Waals surface area contributed by atoms with Crippen LogP contribution in [0.3, 0.4) is 0 Å². The smallest absolute Gasteiger partial charge is 0.0916 e. The maximum absolute atomic E-state index is 4.31. The minimum Gasteiger partial charge on any atom is -0.275 e. The molecule has 0 bridgehead atoms. The Balaban J connectivity index is 2.49. The molecule has 0 aliphatic heterocycles. The van der Waals surface area contributed by atoms with Crippen molar-refractivity contribution in [2.24, 2.45) is 0 Å². The van der Waals surface area contributed by atoms with Crippen molar-refractivity contribution in [3.63, 3.8) is 0 Å². The van der Waals surface area contributed by atoms with Crippen LogP contribution >= 0.6 is 0 Å². The Kier molecular flexibility index (Phi) is 2.58. The lowest BCUT2D eigenvalue weighted by molar-refractivity contribution is 0.568. The van der Waals surface area contributed by atoms with Crippen molar-refractivity contribution in [3.8, 4) is 11.1 Å². The van der Waals surface area contributed by atoms with E-state index >= 15 is 0 Å². The number of nitrogens with one attached hydrogen (secondary N) is 1. The van der Waals surface area contributed by atoms with Gasteiger partial charge in [-0.15, -0.1) is 0 Å². The lowest BCUT2D eigenvalue weighted by atomic mass is 9.87. The van der Waals surface area contributed by atoms with Crippen molar-refractivity contribution in [1.29, 1.82) is 0 Å². The lowest BCUT2D eigenvalue weighted by Gasteiger charge is -2.17. The van der Waals surface area contributed by atoms with E-state index in [1.807, 2.05) is 0 Å². The van der Waals surface area contributed by atoms with Gasteiger partial charge in [-0.2, -0.15) is 5.10 Å². The van der Waals surface area contributed by atoms with Crippen LogP contribution in [0.5, 0.6) is 0 Å². The number of aromatic nitrogens is 2. The van der Waals surface area contributed by atoms with Crippen molar-refractivity contribution in [1.82, 2.24) is 10.2 Å². The number of aryl methyl sites for hydroxylation is 1. The summed E-state index contributed by atoms with van der Waals surface area (Å²) < 4.78 is 0. The molecule has 0 unspecified atom stereocenters. The first-order chi connectivity index (χ1) is 7.48. The zero-order valence-corrected chi connectivity index (χ0v) is 10.3. The van der Waals surface area contributed by atoms with E-state index in [4.69, 9.17) is 0 Å². The largest absolute Gasteiger partial charge is 0.275 e. The van der Waals surface area contributed by atoms with Crippen LogP contribution in [-0.2, 0) is 5.41 Å². The van der Waals surface area contributed by atoms with Gasteiger partial charge >= 0.3 is 0 Å². The second-order valence-electron chi connectivity index (χ2n) is 5.19. The minimum atomic E-state index is 0.0384. The Morgan fingerprint density at radius 1 is 1.12 bits per heavy atom. The summed E-state index contributed by atoms with van der Waals surface area (Å²) in [6.07, 6.45) is 3.11. The van der Waals surface area contributed by atoms with Crippen LogP contribution in [0.1, 0.15) is 32.0 Å². The Hall–Kier alpha value is -1.57. The van der Waals surface area contributed by atoms with Crippen LogP contribution in [0.15, 0.2) is 24.3 Å². The Morgan fingerprint density at radius 2 is 1.75 bits per heavy atom. The van der Waals surface area contributed by atoms with Crippen LogP contribution in [-0.4, -0.2) is 10.2 Å². The molecule has 2 aromatic rings. The number of H-pyrrole nitrogens is 1. The number of hydrogen-bond acceptors (Lipinski definition) is 1. The zero-order valence-electron chi connectivity index (χ0n) is 10.3. The van der Waals surface area contributed by atoms with E-state index in [1.54, 1.807) is 0 Å². The van der Waals surface area contributed by atoms with Gasteiger partial charge in [0.15, 0.2) is 0 Å². The van der Waals surface area contributed by atoms with Crippen LogP contribution in [0, 0.1) is 13.1 Å². The van der Waals surface area contributed by atoms with Crippen molar-refractivity contribution in [2.75, 3.05) is 0 Å². The molecule has 1 radical (unpaired) electrons. The van der Waals surface area contributed by atoms with Gasteiger partial charge in [-0.3, -0.25) is 5.10 Å². The number of hydrogen-bond donors (Lipinski definition) is 1. The molecule has 0 fully saturated rings. The summed E-state index contributed by atoms with van der Waals surface area (Å²) >= 11 is 0. The van der Waals surface area contributed by atoms with E-state index in [1.165, 1.54) is 11.1 Å². The summed E-state index contributed by atoms with van der Waals surface area (Å²) in [7, 11) is 0. The van der Waals surface area contributed by atoms with Crippen molar-refractivity contribution >= 4 is 0 Å². The normalized spacial score (nSPS) is 11.8. The molecule has 0 aliphatic rings. The third-order valence-corrected chi connectivity index (χ3v) is 2.64. The molecule has 16 heavy (non-hydrogen) atoms. The van der Waals surface area contributed by atoms with Crippen LogP contribution in [0.25, 0.3) is 11.1 Å². The van der Waals surface area contributed by atoms with Gasteiger partial charge in [0.05, 0.1) is 11.9 Å². The second-order valence-corrected chi connectivity index (χ2v) is 5.19. The fourth-order valence-electron chi connectivity index (χ4n) is 1.73. The van der Waals surface area contributed by atoms with E-state index < -0.39 is 0 Å². The van der Waals surface area contributed by atoms with E-state index in [0.29, 0.717) is 0 Å². The van der Waals surface area contributed by atoms with Crippen molar-refractivity contribution < 1.29 is 0 Å². The quantitative estimate of drug-likeness (QED) is 0.772. The maximum Gasteiger partial charge on any atom is 0.0916 e. The third kappa shape index (κ3) is 2.01. The standard InChI is InChI=1S/C14H17N2/c1-10-5-7-11(8-6-10)12-9-15-16-13(12)14(2,3)4/h5-8H,1-4H3,(H,15,16). The highest BCUT2D eigenvalue weighted by Gasteiger charge is 2.21. The molecule has 0 saturated carbocycles. The van der Waals surface area contributed by atoms with Gasteiger partial charge < -0.3 is 0 Å². The van der Waals surface area contributed by atoms with E-state index in [-0.39, 0.29) is 5.41 Å². The molecule has 2 rings (SSSR count). The summed E-state index contributed by atoms with van der Waals surface area (Å²) in [5.41, 5.74) is 4.62. The molecule has 2 heteroatoms. The van der Waals surface area contributed by atoms with Gasteiger partial charge in [0, 0.05) is 11.0 Å². The molecular formula is C14H17N2. The van der Waals surface area contributed by atoms with Gasteiger partial charge in [-0.1, -0.05) is 50.6 Å². The first kappa shape index (κ1) is 10.9. The number of aromatic amines is 1. The molecule has 83 valence electrons. The number of benzene rings is 1. The number of nitrogens with zero attached hydrogens (tertiary/aromatic N) is 1. The average molecular weight is 213 g/mol. The fraction of sp³-hybridized carbons (Fsp3) is 0.357. The van der Waals surface area contributed by atoms with Gasteiger partial charge in [-0.25, -0.2) is 0 Å². The summed E-state index contributed by atoms with van der Waals surface area (Å²) in [6, 6.07) is 8.46. The molecule has 0 aliphatic carbocycles. The number of rotatable bonds is 1. The zero-order chi connectivity index (χ0) is 11.8. The molecule has 2 nitrogen and oxygen atoms in total. The van der Waals surface area contributed by atoms with Crippen LogP contribution in [0.2, 0.25) is 0 Å². The van der Waals surface area contributed by atoms with Crippen LogP contribution < -0.4 is 0 Å². The predicted octanol–water partition coefficient (Wildman–Crippen LogP) is 3.48. The first-order valence-corrected chi connectivity index (χ1v) is 5.52. The SMILES string of the molecule is Cc1ccc(-c2[c][nH]nc2C(C)(C)C)cc1. The fourth-order valence-corrected chi connectivity index (χ4v) is 1.73. The molecular weight excluding hydrogens is 196 g/mol. The highest BCUT2D eigenvalue weighted by atomic mass is 15.1. The summed E-state index contributed by atoms with van der Waals surface area (Å²) in [6.45, 7) is 8.58. The van der Waals surface area contributed by atoms with E-state index in [9.17, 15) is 0 Å². The highest BCUT2D eigenvalue weighted by molar-refractivity contribution is 5.66. The predicted molar refractivity (Wildman–Crippen MR) is 66.3 cm³/mol. The monoisotopic (exact) mass is 213 g/mol. The van der Waals surface area contributed by atoms with E-state index in [0.717, 1.165) is 11.3 Å². The Labute approximate surface area is 96.7 Å². The Bertz CT molecular complexity index is 472. The van der Waals surface area contributed by atoms with Gasteiger partial charge in [0.1, 0.15) is 0 Å². The molecule has 1 heterocycles. The summed E-state index contributed by atoms with van der Waals surface area (Å²) in [4.78, 5) is 0. The van der Waals surface area contributed by atoms with Crippen molar-refractivity contribution in [2.45, 2.75) is 33.1 Å². The maximum atomic E-state index is 4.31. The molecule has 0 spiro atoms. The van der Waals surface area contributed by atoms with Gasteiger partial charge in [-0.05, 0) is 12.5 Å². The lowest BCUT2D eigenvalue weighted by Crippen LogP contribution is -2.13. The minimum absolute atomic E-state index is 0.0384. The third-order valence-electron chi connectivity index (χ3n) is 2.64. The highest BCUT2D eigenvalue weighted by Crippen LogP contribution is 2.30. The summed E-state index contributed by atoms with van der Waals surface area (Å²) in [5.74, 6) is 0. The molecule has 0 atom stereocenters. The molecule has 1 aromatic heterocycles. The molecule has 0 saturated heterocycles. The second kappa shape index (κ2) is 3.78. The van der Waals surface area contributed by atoms with E-state index in [2.05, 4.69) is 68.4 Å². The van der Waals surface area contributed by atoms with Crippen molar-refractivity contribution in [3.05, 3.63) is 41.7 Å².